The molecule has 1 fully saturated rings. The molecule has 7 nitrogen and oxygen atoms in total. The lowest BCUT2D eigenvalue weighted by Crippen LogP contribution is -2.47. The number of ether oxygens (including phenoxy) is 3. The summed E-state index contributed by atoms with van der Waals surface area (Å²) in [6.07, 6.45) is 9.04. The fraction of sp³-hybridized carbons (Fsp3) is 0.209. The van der Waals surface area contributed by atoms with E-state index in [2.05, 4.69) is 34.1 Å². The Morgan fingerprint density at radius 1 is 0.731 bits per heavy atom. The summed E-state index contributed by atoms with van der Waals surface area (Å²) in [4.78, 5) is 21.7. The van der Waals surface area contributed by atoms with Crippen molar-refractivity contribution in [2.45, 2.75) is 27.0 Å². The van der Waals surface area contributed by atoms with Crippen LogP contribution in [0.3, 0.4) is 0 Å². The largest absolute Gasteiger partial charge is 0.490 e. The van der Waals surface area contributed by atoms with E-state index >= 15 is 0 Å². The molecule has 0 aliphatic carbocycles. The number of rotatable bonds is 13. The molecular formula is C43H41F2N3O4. The molecule has 0 bridgehead atoms. The average molecular weight is 702 g/mol. The highest BCUT2D eigenvalue weighted by molar-refractivity contribution is 5.92. The van der Waals surface area contributed by atoms with E-state index in [1.807, 2.05) is 49.1 Å². The smallest absolute Gasteiger partial charge is 0.246 e. The molecule has 6 rings (SSSR count). The van der Waals surface area contributed by atoms with Crippen LogP contribution in [0.5, 0.6) is 23.1 Å². The predicted octanol–water partition coefficient (Wildman–Crippen LogP) is 8.80. The van der Waals surface area contributed by atoms with E-state index in [0.29, 0.717) is 49.4 Å². The molecule has 1 saturated heterocycles. The number of amides is 1. The van der Waals surface area contributed by atoms with Gasteiger partial charge in [0.2, 0.25) is 11.8 Å². The maximum atomic E-state index is 13.1. The first-order chi connectivity index (χ1) is 25.3. The highest BCUT2D eigenvalue weighted by Gasteiger charge is 2.20. The van der Waals surface area contributed by atoms with Gasteiger partial charge in [-0.1, -0.05) is 42.5 Å². The summed E-state index contributed by atoms with van der Waals surface area (Å²) in [5.74, 6) is 1.80. The van der Waals surface area contributed by atoms with Crippen molar-refractivity contribution in [1.29, 1.82) is 0 Å². The van der Waals surface area contributed by atoms with Gasteiger partial charge in [0.15, 0.2) is 0 Å². The number of carbonyl (C=O) groups is 1. The molecule has 0 unspecified atom stereocenters. The third-order valence-corrected chi connectivity index (χ3v) is 8.68. The molecule has 0 saturated carbocycles. The number of carbonyl (C=O) groups excluding carboxylic acids is 1. The number of pyridine rings is 1. The number of piperazine rings is 1. The van der Waals surface area contributed by atoms with E-state index < -0.39 is 0 Å². The molecule has 2 heterocycles. The van der Waals surface area contributed by atoms with Gasteiger partial charge in [-0.05, 0) is 114 Å². The van der Waals surface area contributed by atoms with Gasteiger partial charge in [0, 0.05) is 44.9 Å². The highest BCUT2D eigenvalue weighted by Crippen LogP contribution is 2.30. The second kappa shape index (κ2) is 17.4. The lowest BCUT2D eigenvalue weighted by Gasteiger charge is -2.34. The topological polar surface area (TPSA) is 64.1 Å². The summed E-state index contributed by atoms with van der Waals surface area (Å²) in [6.45, 7) is 8.44. The van der Waals surface area contributed by atoms with Crippen molar-refractivity contribution in [3.63, 3.8) is 0 Å². The molecule has 0 spiro atoms. The van der Waals surface area contributed by atoms with Gasteiger partial charge in [-0.25, -0.2) is 13.8 Å². The van der Waals surface area contributed by atoms with Gasteiger partial charge in [-0.2, -0.15) is 0 Å². The van der Waals surface area contributed by atoms with Crippen molar-refractivity contribution < 1.29 is 27.8 Å². The molecule has 9 heteroatoms. The number of nitrogens with zero attached hydrogens (tertiary/aromatic N) is 3. The van der Waals surface area contributed by atoms with Crippen LogP contribution in [-0.4, -0.2) is 53.5 Å². The molecule has 1 aromatic heterocycles. The molecule has 52 heavy (non-hydrogen) atoms. The van der Waals surface area contributed by atoms with Gasteiger partial charge in [0.05, 0.1) is 6.20 Å². The molecule has 1 aliphatic heterocycles. The van der Waals surface area contributed by atoms with Crippen LogP contribution in [0.4, 0.5) is 8.78 Å². The van der Waals surface area contributed by atoms with Crippen LogP contribution in [0.15, 0.2) is 115 Å². The van der Waals surface area contributed by atoms with Crippen LogP contribution >= 0.6 is 0 Å². The first kappa shape index (κ1) is 36.0. The van der Waals surface area contributed by atoms with E-state index in [4.69, 9.17) is 14.2 Å². The molecular weight excluding hydrogens is 660 g/mol. The van der Waals surface area contributed by atoms with Gasteiger partial charge in [-0.15, -0.1) is 0 Å². The summed E-state index contributed by atoms with van der Waals surface area (Å²) in [5, 5.41) is 0. The first-order valence-electron chi connectivity index (χ1n) is 17.2. The second-order valence-corrected chi connectivity index (χ2v) is 12.7. The quantitative estimate of drug-likeness (QED) is 0.114. The Labute approximate surface area is 303 Å². The Morgan fingerprint density at radius 2 is 1.37 bits per heavy atom. The van der Waals surface area contributed by atoms with E-state index in [9.17, 15) is 13.6 Å². The predicted molar refractivity (Wildman–Crippen MR) is 199 cm³/mol. The maximum Gasteiger partial charge on any atom is 0.246 e. The Bertz CT molecular complexity index is 1960. The summed E-state index contributed by atoms with van der Waals surface area (Å²) in [7, 11) is 0. The van der Waals surface area contributed by atoms with Crippen LogP contribution in [0, 0.1) is 25.5 Å². The minimum atomic E-state index is -0.282. The summed E-state index contributed by atoms with van der Waals surface area (Å²) >= 11 is 0. The fourth-order valence-corrected chi connectivity index (χ4v) is 5.86. The zero-order valence-corrected chi connectivity index (χ0v) is 29.3. The summed E-state index contributed by atoms with van der Waals surface area (Å²) < 4.78 is 43.6. The number of aryl methyl sites for hydroxylation is 2. The third-order valence-electron chi connectivity index (χ3n) is 8.68. The minimum Gasteiger partial charge on any atom is -0.490 e. The Balaban J connectivity index is 0.930. The molecule has 0 radical (unpaired) electrons. The zero-order valence-electron chi connectivity index (χ0n) is 29.3. The van der Waals surface area contributed by atoms with E-state index in [0.717, 1.165) is 47.5 Å². The Kier molecular flexibility index (Phi) is 12.1. The Hall–Kier alpha value is -5.80. The van der Waals surface area contributed by atoms with Crippen molar-refractivity contribution in [2.75, 3.05) is 32.8 Å². The standard InChI is InChI=1S/C43H41F2N3O4/c1-31-26-36(27-32(2)43(31)52-41-19-18-40(28-46-41)51-30-35-9-12-37(44)13-10-35)11-20-42(49)48-23-21-47(22-24-48)29-34-7-5-33(6-8-34)4-3-25-50-39-16-14-38(45)15-17-39/h3-20,26-28H,21-25,29-30H2,1-2H3/b4-3+,20-11+. The first-order valence-corrected chi connectivity index (χ1v) is 17.2. The summed E-state index contributed by atoms with van der Waals surface area (Å²) in [5.41, 5.74) is 5.94. The van der Waals surface area contributed by atoms with Crippen LogP contribution in [0.1, 0.15) is 33.4 Å². The van der Waals surface area contributed by atoms with Crippen molar-refractivity contribution in [2.24, 2.45) is 0 Å². The SMILES string of the molecule is Cc1cc(/C=C/C(=O)N2CCN(Cc3ccc(/C=C/COc4ccc(F)cc4)cc3)CC2)cc(C)c1Oc1ccc(OCc2ccc(F)cc2)cn1. The van der Waals surface area contributed by atoms with E-state index in [1.165, 1.54) is 29.8 Å². The number of hydrogen-bond acceptors (Lipinski definition) is 6. The van der Waals surface area contributed by atoms with Crippen LogP contribution in [-0.2, 0) is 17.9 Å². The lowest BCUT2D eigenvalue weighted by molar-refractivity contribution is -0.127. The van der Waals surface area contributed by atoms with E-state index in [-0.39, 0.29) is 17.5 Å². The fourth-order valence-electron chi connectivity index (χ4n) is 5.86. The monoisotopic (exact) mass is 701 g/mol. The molecule has 4 aromatic carbocycles. The molecule has 1 amide bonds. The van der Waals surface area contributed by atoms with Crippen molar-refractivity contribution in [3.05, 3.63) is 160 Å². The highest BCUT2D eigenvalue weighted by atomic mass is 19.1. The summed E-state index contributed by atoms with van der Waals surface area (Å²) in [6, 6.07) is 28.1. The third kappa shape index (κ3) is 10.4. The van der Waals surface area contributed by atoms with Crippen molar-refractivity contribution >= 4 is 18.1 Å². The lowest BCUT2D eigenvalue weighted by atomic mass is 10.1. The van der Waals surface area contributed by atoms with Gasteiger partial charge in [-0.3, -0.25) is 9.69 Å². The number of benzene rings is 4. The normalized spacial score (nSPS) is 13.5. The van der Waals surface area contributed by atoms with Crippen LogP contribution < -0.4 is 14.2 Å². The number of aromatic nitrogens is 1. The number of halogens is 2. The van der Waals surface area contributed by atoms with Gasteiger partial charge in [0.25, 0.3) is 0 Å². The Morgan fingerprint density at radius 3 is 2.02 bits per heavy atom. The second-order valence-electron chi connectivity index (χ2n) is 12.7. The molecule has 1 aliphatic rings. The molecule has 0 atom stereocenters. The average Bonchev–Trinajstić information content (AvgIpc) is 3.16. The van der Waals surface area contributed by atoms with Crippen molar-refractivity contribution in [3.8, 4) is 23.1 Å². The molecule has 266 valence electrons. The van der Waals surface area contributed by atoms with Gasteiger partial charge < -0.3 is 19.1 Å². The number of hydrogen-bond donors (Lipinski definition) is 0. The zero-order chi connectivity index (χ0) is 36.3. The van der Waals surface area contributed by atoms with Crippen molar-refractivity contribution in [1.82, 2.24) is 14.8 Å². The maximum absolute atomic E-state index is 13.1. The van der Waals surface area contributed by atoms with Crippen LogP contribution in [0.2, 0.25) is 0 Å². The molecule has 5 aromatic rings. The minimum absolute atomic E-state index is 0.000710. The van der Waals surface area contributed by atoms with Gasteiger partial charge in [0.1, 0.15) is 42.1 Å². The van der Waals surface area contributed by atoms with Gasteiger partial charge >= 0.3 is 0 Å². The molecule has 0 N–H and O–H groups in total. The van der Waals surface area contributed by atoms with E-state index in [1.54, 1.807) is 48.7 Å². The van der Waals surface area contributed by atoms with Crippen LogP contribution in [0.25, 0.3) is 12.2 Å².